The third-order valence-corrected chi connectivity index (χ3v) is 5.46. The third-order valence-electron chi connectivity index (χ3n) is 3.71. The summed E-state index contributed by atoms with van der Waals surface area (Å²) in [6.07, 6.45) is 0.582. The first-order valence-corrected chi connectivity index (χ1v) is 8.31. The smallest absolute Gasteiger partial charge is 0.170 e. The zero-order chi connectivity index (χ0) is 15.6. The SMILES string of the molecule is CN(Cc1ccc(F)cc1C(N)=NO)C1CCS(=O)(=O)C1. The van der Waals surface area contributed by atoms with Gasteiger partial charge in [0.2, 0.25) is 0 Å². The first kappa shape index (κ1) is 15.7. The van der Waals surface area contributed by atoms with E-state index in [1.807, 2.05) is 11.9 Å². The molecule has 0 aromatic heterocycles. The van der Waals surface area contributed by atoms with Gasteiger partial charge in [0, 0.05) is 18.2 Å². The summed E-state index contributed by atoms with van der Waals surface area (Å²) in [4.78, 5) is 1.89. The van der Waals surface area contributed by atoms with E-state index in [0.29, 0.717) is 24.1 Å². The Bertz CT molecular complexity index is 661. The largest absolute Gasteiger partial charge is 0.409 e. The van der Waals surface area contributed by atoms with Crippen LogP contribution in [-0.4, -0.2) is 49.0 Å². The summed E-state index contributed by atoms with van der Waals surface area (Å²) in [7, 11) is -1.15. The Morgan fingerprint density at radius 2 is 2.29 bits per heavy atom. The van der Waals surface area contributed by atoms with Crippen LogP contribution in [0, 0.1) is 5.82 Å². The fraction of sp³-hybridized carbons (Fsp3) is 0.462. The molecule has 1 aliphatic heterocycles. The van der Waals surface area contributed by atoms with Crippen LogP contribution in [-0.2, 0) is 16.4 Å². The lowest BCUT2D eigenvalue weighted by Crippen LogP contribution is -2.33. The number of rotatable bonds is 4. The van der Waals surface area contributed by atoms with E-state index in [2.05, 4.69) is 5.16 Å². The second-order valence-electron chi connectivity index (χ2n) is 5.26. The number of sulfone groups is 1. The molecule has 21 heavy (non-hydrogen) atoms. The fourth-order valence-corrected chi connectivity index (χ4v) is 4.30. The van der Waals surface area contributed by atoms with Gasteiger partial charge in [-0.15, -0.1) is 0 Å². The van der Waals surface area contributed by atoms with Crippen LogP contribution in [0.15, 0.2) is 23.4 Å². The molecule has 1 saturated heterocycles. The molecule has 0 spiro atoms. The molecule has 1 heterocycles. The first-order valence-electron chi connectivity index (χ1n) is 6.49. The molecule has 0 bridgehead atoms. The minimum absolute atomic E-state index is 0.0693. The molecular formula is C13H18FN3O3S. The summed E-state index contributed by atoms with van der Waals surface area (Å²) in [6, 6.07) is 3.98. The fourth-order valence-electron chi connectivity index (χ4n) is 2.50. The maximum Gasteiger partial charge on any atom is 0.170 e. The highest BCUT2D eigenvalue weighted by Crippen LogP contribution is 2.20. The minimum atomic E-state index is -2.96. The number of oxime groups is 1. The van der Waals surface area contributed by atoms with Crippen molar-refractivity contribution in [2.24, 2.45) is 10.9 Å². The monoisotopic (exact) mass is 315 g/mol. The molecule has 6 nitrogen and oxygen atoms in total. The maximum atomic E-state index is 13.3. The second kappa shape index (κ2) is 5.98. The van der Waals surface area contributed by atoms with Crippen LogP contribution in [0.1, 0.15) is 17.5 Å². The van der Waals surface area contributed by atoms with Gasteiger partial charge in [-0.3, -0.25) is 4.90 Å². The molecular weight excluding hydrogens is 297 g/mol. The Kier molecular flexibility index (Phi) is 4.48. The van der Waals surface area contributed by atoms with Gasteiger partial charge in [0.15, 0.2) is 15.7 Å². The lowest BCUT2D eigenvalue weighted by atomic mass is 10.1. The number of hydrogen-bond acceptors (Lipinski definition) is 5. The number of benzene rings is 1. The van der Waals surface area contributed by atoms with E-state index in [-0.39, 0.29) is 23.4 Å². The molecule has 3 N–H and O–H groups in total. The molecule has 116 valence electrons. The molecule has 0 aliphatic carbocycles. The van der Waals surface area contributed by atoms with Crippen molar-refractivity contribution in [2.75, 3.05) is 18.6 Å². The molecule has 1 aromatic carbocycles. The Labute approximate surface area is 123 Å². The summed E-state index contributed by atoms with van der Waals surface area (Å²) in [5.41, 5.74) is 6.54. The molecule has 1 unspecified atom stereocenters. The average Bonchev–Trinajstić information content (AvgIpc) is 2.80. The number of hydrogen-bond donors (Lipinski definition) is 2. The van der Waals surface area contributed by atoms with E-state index < -0.39 is 15.7 Å². The van der Waals surface area contributed by atoms with Gasteiger partial charge >= 0.3 is 0 Å². The maximum absolute atomic E-state index is 13.3. The van der Waals surface area contributed by atoms with Gasteiger partial charge < -0.3 is 10.9 Å². The lowest BCUT2D eigenvalue weighted by Gasteiger charge is -2.24. The second-order valence-corrected chi connectivity index (χ2v) is 7.49. The Balaban J connectivity index is 2.20. The Hall–Kier alpha value is -1.67. The van der Waals surface area contributed by atoms with Crippen molar-refractivity contribution in [3.63, 3.8) is 0 Å². The average molecular weight is 315 g/mol. The number of nitrogens with zero attached hydrogens (tertiary/aromatic N) is 2. The van der Waals surface area contributed by atoms with Crippen LogP contribution < -0.4 is 5.73 Å². The van der Waals surface area contributed by atoms with Crippen LogP contribution in [0.4, 0.5) is 4.39 Å². The van der Waals surface area contributed by atoms with Crippen LogP contribution in [0.25, 0.3) is 0 Å². The summed E-state index contributed by atoms with van der Waals surface area (Å²) < 4.78 is 36.3. The van der Waals surface area contributed by atoms with E-state index in [0.717, 1.165) is 0 Å². The molecule has 1 fully saturated rings. The third kappa shape index (κ3) is 3.70. The highest BCUT2D eigenvalue weighted by atomic mass is 32.2. The highest BCUT2D eigenvalue weighted by Gasteiger charge is 2.30. The Morgan fingerprint density at radius 1 is 1.57 bits per heavy atom. The van der Waals surface area contributed by atoms with Crippen molar-refractivity contribution in [1.29, 1.82) is 0 Å². The van der Waals surface area contributed by atoms with Crippen molar-refractivity contribution in [3.8, 4) is 0 Å². The molecule has 1 atom stereocenters. The van der Waals surface area contributed by atoms with Crippen molar-refractivity contribution < 1.29 is 18.0 Å². The van der Waals surface area contributed by atoms with E-state index in [1.54, 1.807) is 6.07 Å². The molecule has 1 aromatic rings. The molecule has 2 rings (SSSR count). The summed E-state index contributed by atoms with van der Waals surface area (Å²) in [5, 5.41) is 11.7. The summed E-state index contributed by atoms with van der Waals surface area (Å²) >= 11 is 0. The predicted molar refractivity (Wildman–Crippen MR) is 77.4 cm³/mol. The van der Waals surface area contributed by atoms with E-state index in [1.165, 1.54) is 12.1 Å². The summed E-state index contributed by atoms with van der Waals surface area (Å²) in [6.45, 7) is 0.395. The topological polar surface area (TPSA) is 96.0 Å². The molecule has 1 aliphatic rings. The quantitative estimate of drug-likeness (QED) is 0.366. The van der Waals surface area contributed by atoms with E-state index in [4.69, 9.17) is 10.9 Å². The predicted octanol–water partition coefficient (Wildman–Crippen LogP) is 0.539. The molecule has 8 heteroatoms. The van der Waals surface area contributed by atoms with Gasteiger partial charge in [-0.05, 0) is 31.2 Å². The first-order chi connectivity index (χ1) is 9.82. The zero-order valence-electron chi connectivity index (χ0n) is 11.7. The molecule has 0 amide bonds. The van der Waals surface area contributed by atoms with Crippen molar-refractivity contribution in [3.05, 3.63) is 35.1 Å². The van der Waals surface area contributed by atoms with Gasteiger partial charge in [-0.25, -0.2) is 12.8 Å². The number of amidine groups is 1. The van der Waals surface area contributed by atoms with Gasteiger partial charge in [-0.1, -0.05) is 11.2 Å². The van der Waals surface area contributed by atoms with Crippen LogP contribution >= 0.6 is 0 Å². The van der Waals surface area contributed by atoms with Crippen LogP contribution in [0.3, 0.4) is 0 Å². The van der Waals surface area contributed by atoms with E-state index >= 15 is 0 Å². The van der Waals surface area contributed by atoms with Crippen LogP contribution in [0.5, 0.6) is 0 Å². The van der Waals surface area contributed by atoms with Crippen molar-refractivity contribution >= 4 is 15.7 Å². The standard InChI is InChI=1S/C13H18FN3O3S/c1-17(11-4-5-21(19,20)8-11)7-9-2-3-10(14)6-12(9)13(15)16-18/h2-3,6,11,18H,4-5,7-8H2,1H3,(H2,15,16). The van der Waals surface area contributed by atoms with Crippen molar-refractivity contribution in [1.82, 2.24) is 4.90 Å². The van der Waals surface area contributed by atoms with Gasteiger partial charge in [0.05, 0.1) is 11.5 Å². The zero-order valence-corrected chi connectivity index (χ0v) is 12.5. The molecule has 0 radical (unpaired) electrons. The minimum Gasteiger partial charge on any atom is -0.409 e. The van der Waals surface area contributed by atoms with Crippen LogP contribution in [0.2, 0.25) is 0 Å². The number of halogens is 1. The Morgan fingerprint density at radius 3 is 2.86 bits per heavy atom. The van der Waals surface area contributed by atoms with Crippen molar-refractivity contribution in [2.45, 2.75) is 19.0 Å². The summed E-state index contributed by atoms with van der Waals surface area (Å²) in [5.74, 6) is -0.328. The lowest BCUT2D eigenvalue weighted by molar-refractivity contribution is 0.253. The van der Waals surface area contributed by atoms with Gasteiger partial charge in [-0.2, -0.15) is 0 Å². The molecule has 0 saturated carbocycles. The van der Waals surface area contributed by atoms with E-state index in [9.17, 15) is 12.8 Å². The van der Waals surface area contributed by atoms with Gasteiger partial charge in [0.25, 0.3) is 0 Å². The normalized spacial score (nSPS) is 21.9. The van der Waals surface area contributed by atoms with Gasteiger partial charge in [0.1, 0.15) is 5.82 Å². The highest BCUT2D eigenvalue weighted by molar-refractivity contribution is 7.91. The number of nitrogens with two attached hydrogens (primary N) is 1.